The van der Waals surface area contributed by atoms with E-state index < -0.39 is 23.7 Å². The van der Waals surface area contributed by atoms with E-state index in [-0.39, 0.29) is 12.5 Å². The summed E-state index contributed by atoms with van der Waals surface area (Å²) < 4.78 is 17.6. The van der Waals surface area contributed by atoms with Crippen LogP contribution in [0, 0.1) is 11.3 Å². The van der Waals surface area contributed by atoms with E-state index in [9.17, 15) is 14.9 Å². The maximum absolute atomic E-state index is 13.0. The first-order valence-corrected chi connectivity index (χ1v) is 9.93. The van der Waals surface area contributed by atoms with Crippen molar-refractivity contribution in [1.29, 1.82) is 5.26 Å². The molecule has 2 aliphatic rings. The van der Waals surface area contributed by atoms with Gasteiger partial charge < -0.3 is 19.1 Å². The van der Waals surface area contributed by atoms with E-state index in [1.165, 1.54) is 13.0 Å². The molecule has 0 unspecified atom stereocenters. The van der Waals surface area contributed by atoms with E-state index in [4.69, 9.17) is 14.2 Å². The predicted octanol–water partition coefficient (Wildman–Crippen LogP) is 3.51. The maximum Gasteiger partial charge on any atom is 0.303 e. The Morgan fingerprint density at radius 3 is 2.65 bits per heavy atom. The average molecular weight is 418 g/mol. The second-order valence-electron chi connectivity index (χ2n) is 8.04. The van der Waals surface area contributed by atoms with Crippen molar-refractivity contribution in [1.82, 2.24) is 4.90 Å². The summed E-state index contributed by atoms with van der Waals surface area (Å²) >= 11 is 0. The fourth-order valence-electron chi connectivity index (χ4n) is 3.99. The predicted molar refractivity (Wildman–Crippen MR) is 111 cm³/mol. The number of para-hydroxylation sites is 1. The number of nitriles is 1. The van der Waals surface area contributed by atoms with Gasteiger partial charge in [0.25, 0.3) is 5.91 Å². The minimum absolute atomic E-state index is 0.197. The van der Waals surface area contributed by atoms with Crippen molar-refractivity contribution in [2.24, 2.45) is 0 Å². The topological polar surface area (TPSA) is 88.9 Å². The molecule has 7 nitrogen and oxygen atoms in total. The molecule has 0 saturated carbocycles. The lowest BCUT2D eigenvalue weighted by molar-refractivity contribution is -0.171. The molecule has 0 bridgehead atoms. The summed E-state index contributed by atoms with van der Waals surface area (Å²) in [5, 5.41) is 9.38. The van der Waals surface area contributed by atoms with Gasteiger partial charge in [-0.05, 0) is 44.2 Å². The largest absolute Gasteiger partial charge is 0.484 e. The Labute approximate surface area is 180 Å². The van der Waals surface area contributed by atoms with Gasteiger partial charge in [0.05, 0.1) is 18.2 Å². The van der Waals surface area contributed by atoms with E-state index in [0.717, 1.165) is 0 Å². The molecular weight excluding hydrogens is 396 g/mol. The Hall–Kier alpha value is -3.79. The first-order valence-electron chi connectivity index (χ1n) is 9.93. The van der Waals surface area contributed by atoms with Crippen LogP contribution in [-0.4, -0.2) is 35.0 Å². The zero-order valence-corrected chi connectivity index (χ0v) is 17.5. The first kappa shape index (κ1) is 20.5. The molecule has 7 heteroatoms. The Bertz CT molecular complexity index is 1100. The van der Waals surface area contributed by atoms with Crippen LogP contribution in [0.5, 0.6) is 11.5 Å². The number of hydrogen-bond acceptors (Lipinski definition) is 6. The normalized spacial score (nSPS) is 21.4. The van der Waals surface area contributed by atoms with Gasteiger partial charge in [-0.1, -0.05) is 18.2 Å². The quantitative estimate of drug-likeness (QED) is 0.706. The van der Waals surface area contributed by atoms with Crippen LogP contribution in [0.3, 0.4) is 0 Å². The van der Waals surface area contributed by atoms with E-state index >= 15 is 0 Å². The highest BCUT2D eigenvalue weighted by molar-refractivity contribution is 5.91. The molecule has 31 heavy (non-hydrogen) atoms. The summed E-state index contributed by atoms with van der Waals surface area (Å²) in [4.78, 5) is 26.5. The number of hydrogen-bond donors (Lipinski definition) is 0. The number of ether oxygens (including phenoxy) is 3. The molecule has 2 heterocycles. The lowest BCUT2D eigenvalue weighted by atomic mass is 9.84. The molecule has 0 spiro atoms. The molecule has 0 N–H and O–H groups in total. The Morgan fingerprint density at radius 1 is 1.23 bits per heavy atom. The number of fused-ring (bicyclic) bond motifs is 1. The molecule has 2 aromatic rings. The number of nitrogens with zero attached hydrogens (tertiary/aromatic N) is 2. The fraction of sp³-hybridized carbons (Fsp3) is 0.292. The number of esters is 1. The first-order chi connectivity index (χ1) is 14.8. The summed E-state index contributed by atoms with van der Waals surface area (Å²) in [6.45, 7) is 5.14. The van der Waals surface area contributed by atoms with Crippen LogP contribution in [0.2, 0.25) is 0 Å². The molecular formula is C24H22N2O5. The molecule has 2 atom stereocenters. The summed E-state index contributed by atoms with van der Waals surface area (Å²) in [6, 6.07) is 15.7. The summed E-state index contributed by atoms with van der Waals surface area (Å²) in [5.74, 6) is 0.910. The van der Waals surface area contributed by atoms with E-state index in [1.807, 2.05) is 44.2 Å². The van der Waals surface area contributed by atoms with Gasteiger partial charge in [0.2, 0.25) is 0 Å². The Balaban J connectivity index is 1.72. The Morgan fingerprint density at radius 2 is 1.97 bits per heavy atom. The molecule has 158 valence electrons. The van der Waals surface area contributed by atoms with Gasteiger partial charge in [-0.25, -0.2) is 0 Å². The summed E-state index contributed by atoms with van der Waals surface area (Å²) in [6.07, 6.45) is 0.661. The van der Waals surface area contributed by atoms with Crippen molar-refractivity contribution in [2.75, 3.05) is 6.54 Å². The van der Waals surface area contributed by atoms with Gasteiger partial charge in [-0.3, -0.25) is 9.59 Å². The van der Waals surface area contributed by atoms with E-state index in [0.29, 0.717) is 28.4 Å². The summed E-state index contributed by atoms with van der Waals surface area (Å²) in [7, 11) is 0. The Kier molecular flexibility index (Phi) is 5.15. The van der Waals surface area contributed by atoms with Gasteiger partial charge in [0.15, 0.2) is 6.10 Å². The van der Waals surface area contributed by atoms with Crippen LogP contribution in [0.4, 0.5) is 0 Å². The molecule has 4 rings (SSSR count). The SMILES string of the molecule is CC(=O)O[C@@H]1[C@@H](N2CC(Oc3ccccc3)=CC2=O)c2cc(C#N)ccc2OC1(C)C. The monoisotopic (exact) mass is 418 g/mol. The number of carbonyl (C=O) groups is 2. The molecule has 0 saturated heterocycles. The minimum Gasteiger partial charge on any atom is -0.484 e. The third-order valence-electron chi connectivity index (χ3n) is 5.32. The van der Waals surface area contributed by atoms with Crippen LogP contribution in [-0.2, 0) is 14.3 Å². The van der Waals surface area contributed by atoms with Crippen molar-refractivity contribution < 1.29 is 23.8 Å². The maximum atomic E-state index is 13.0. The van der Waals surface area contributed by atoms with Crippen molar-refractivity contribution >= 4 is 11.9 Å². The molecule has 2 aromatic carbocycles. The number of rotatable bonds is 4. The van der Waals surface area contributed by atoms with E-state index in [2.05, 4.69) is 6.07 Å². The highest BCUT2D eigenvalue weighted by atomic mass is 16.6. The third kappa shape index (κ3) is 3.97. The van der Waals surface area contributed by atoms with Crippen LogP contribution in [0.15, 0.2) is 60.4 Å². The standard InChI is InChI=1S/C24H22N2O5/c1-15(27)29-23-22(19-11-16(13-25)9-10-20(19)31-24(23,2)3)26-14-18(12-21(26)28)30-17-7-5-4-6-8-17/h4-12,22-23H,14H2,1-3H3/t22-,23+/m0/s1. The number of benzene rings is 2. The fourth-order valence-corrected chi connectivity index (χ4v) is 3.99. The highest BCUT2D eigenvalue weighted by Crippen LogP contribution is 2.45. The summed E-state index contributed by atoms with van der Waals surface area (Å²) in [5.41, 5.74) is 0.141. The zero-order valence-electron chi connectivity index (χ0n) is 17.5. The number of amides is 1. The van der Waals surface area contributed by atoms with Crippen molar-refractivity contribution in [3.63, 3.8) is 0 Å². The minimum atomic E-state index is -0.902. The molecule has 2 aliphatic heterocycles. The van der Waals surface area contributed by atoms with Gasteiger partial charge in [-0.15, -0.1) is 0 Å². The molecule has 0 fully saturated rings. The third-order valence-corrected chi connectivity index (χ3v) is 5.32. The van der Waals surface area contributed by atoms with Crippen LogP contribution in [0.25, 0.3) is 0 Å². The van der Waals surface area contributed by atoms with Gasteiger partial charge in [0.1, 0.15) is 28.9 Å². The second-order valence-corrected chi connectivity index (χ2v) is 8.04. The average Bonchev–Trinajstić information content (AvgIpc) is 3.08. The van der Waals surface area contributed by atoms with Crippen LogP contribution >= 0.6 is 0 Å². The van der Waals surface area contributed by atoms with Crippen molar-refractivity contribution in [2.45, 2.75) is 38.5 Å². The highest BCUT2D eigenvalue weighted by Gasteiger charge is 2.50. The lowest BCUT2D eigenvalue weighted by Gasteiger charge is -2.46. The molecule has 0 radical (unpaired) electrons. The molecule has 0 aromatic heterocycles. The van der Waals surface area contributed by atoms with E-state index in [1.54, 1.807) is 23.1 Å². The molecule has 0 aliphatic carbocycles. The van der Waals surface area contributed by atoms with Gasteiger partial charge in [0, 0.05) is 18.6 Å². The van der Waals surface area contributed by atoms with Crippen molar-refractivity contribution in [3.8, 4) is 17.6 Å². The van der Waals surface area contributed by atoms with Gasteiger partial charge in [-0.2, -0.15) is 5.26 Å². The molecule has 1 amide bonds. The second kappa shape index (κ2) is 7.80. The van der Waals surface area contributed by atoms with Gasteiger partial charge >= 0.3 is 5.97 Å². The zero-order chi connectivity index (χ0) is 22.2. The van der Waals surface area contributed by atoms with Crippen LogP contribution < -0.4 is 9.47 Å². The van der Waals surface area contributed by atoms with Crippen LogP contribution in [0.1, 0.15) is 37.9 Å². The lowest BCUT2D eigenvalue weighted by Crippen LogP contribution is -2.55. The smallest absolute Gasteiger partial charge is 0.303 e. The number of carbonyl (C=O) groups excluding carboxylic acids is 2. The van der Waals surface area contributed by atoms with Crippen molar-refractivity contribution in [3.05, 3.63) is 71.5 Å².